The van der Waals surface area contributed by atoms with Crippen molar-refractivity contribution in [3.8, 4) is 5.75 Å². The molecule has 0 atom stereocenters. The molecule has 3 rings (SSSR count). The molecule has 0 radical (unpaired) electrons. The molecule has 0 fully saturated rings. The van der Waals surface area contributed by atoms with E-state index in [-0.39, 0.29) is 35.2 Å². The van der Waals surface area contributed by atoms with Crippen LogP contribution in [0.5, 0.6) is 5.75 Å². The standard InChI is InChI=1S/C22H24N4O6S/c1-22(2,3)24-19(28)10-11-26(20-15-6-4-5-7-18(15)33(31,32)25-20)23-13-14-8-9-17(27)16(12-14)21(29)30/h4-9,12-13,27H,10-11H2,1-3H3,(H,24,28)(H,29,30)/b23-13-. The Hall–Kier alpha value is -3.73. The van der Waals surface area contributed by atoms with Gasteiger partial charge in [-0.15, -0.1) is 4.40 Å². The first-order valence-corrected chi connectivity index (χ1v) is 11.4. The van der Waals surface area contributed by atoms with Crippen LogP contribution in [0.15, 0.2) is 56.9 Å². The molecule has 10 nitrogen and oxygen atoms in total. The summed E-state index contributed by atoms with van der Waals surface area (Å²) in [7, 11) is -3.91. The molecular formula is C22H24N4O6S. The number of benzene rings is 2. The van der Waals surface area contributed by atoms with Crippen LogP contribution >= 0.6 is 0 Å². The fraction of sp³-hybridized carbons (Fsp3) is 0.273. The van der Waals surface area contributed by atoms with Crippen molar-refractivity contribution in [3.63, 3.8) is 0 Å². The molecule has 0 spiro atoms. The molecule has 1 heterocycles. The van der Waals surface area contributed by atoms with E-state index in [1.165, 1.54) is 35.5 Å². The number of hydrogen-bond donors (Lipinski definition) is 3. The lowest BCUT2D eigenvalue weighted by atomic mass is 10.1. The molecule has 2 aromatic carbocycles. The van der Waals surface area contributed by atoms with Gasteiger partial charge in [0.2, 0.25) is 5.91 Å². The zero-order valence-electron chi connectivity index (χ0n) is 18.3. The van der Waals surface area contributed by atoms with Gasteiger partial charge in [0, 0.05) is 17.5 Å². The quantitative estimate of drug-likeness (QED) is 0.431. The number of phenols is 1. The van der Waals surface area contributed by atoms with E-state index < -0.39 is 27.3 Å². The summed E-state index contributed by atoms with van der Waals surface area (Å²) in [5.41, 5.74) is -0.0428. The maximum absolute atomic E-state index is 12.5. The highest BCUT2D eigenvalue weighted by Crippen LogP contribution is 2.28. The molecule has 0 saturated heterocycles. The van der Waals surface area contributed by atoms with E-state index in [2.05, 4.69) is 14.8 Å². The average molecular weight is 473 g/mol. The molecule has 1 amide bonds. The van der Waals surface area contributed by atoms with Gasteiger partial charge in [-0.3, -0.25) is 4.79 Å². The molecule has 0 aromatic heterocycles. The summed E-state index contributed by atoms with van der Waals surface area (Å²) >= 11 is 0. The largest absolute Gasteiger partial charge is 0.507 e. The summed E-state index contributed by atoms with van der Waals surface area (Å²) in [5, 5.41) is 27.3. The lowest BCUT2D eigenvalue weighted by Gasteiger charge is -2.22. The number of carbonyl (C=O) groups is 2. The second-order valence-electron chi connectivity index (χ2n) is 8.38. The Morgan fingerprint density at radius 2 is 1.88 bits per heavy atom. The summed E-state index contributed by atoms with van der Waals surface area (Å²) in [5.74, 6) is -1.90. The van der Waals surface area contributed by atoms with E-state index in [1.54, 1.807) is 18.2 Å². The third-order valence-corrected chi connectivity index (χ3v) is 5.84. The van der Waals surface area contributed by atoms with Gasteiger partial charge in [-0.25, -0.2) is 9.80 Å². The SMILES string of the molecule is CC(C)(C)NC(=O)CCN(/N=C\c1ccc(O)c(C(=O)O)c1)C1=NS(=O)(=O)c2ccccc21. The van der Waals surface area contributed by atoms with E-state index in [9.17, 15) is 28.2 Å². The third-order valence-electron chi connectivity index (χ3n) is 4.52. The van der Waals surface area contributed by atoms with Crippen LogP contribution in [0, 0.1) is 0 Å². The molecule has 0 saturated carbocycles. The highest BCUT2D eigenvalue weighted by molar-refractivity contribution is 7.90. The molecular weight excluding hydrogens is 448 g/mol. The van der Waals surface area contributed by atoms with Crippen molar-refractivity contribution >= 4 is 33.9 Å². The van der Waals surface area contributed by atoms with Gasteiger partial charge in [0.15, 0.2) is 5.84 Å². The predicted octanol–water partition coefficient (Wildman–Crippen LogP) is 2.18. The number of aromatic carboxylic acids is 1. The molecule has 174 valence electrons. The summed E-state index contributed by atoms with van der Waals surface area (Å²) in [6.07, 6.45) is 1.31. The first-order chi connectivity index (χ1) is 15.4. The Balaban J connectivity index is 1.95. The second-order valence-corrected chi connectivity index (χ2v) is 9.96. The number of carbonyl (C=O) groups excluding carboxylic acids is 1. The molecule has 1 aliphatic rings. The maximum Gasteiger partial charge on any atom is 0.339 e. The number of aromatic hydroxyl groups is 1. The predicted molar refractivity (Wildman–Crippen MR) is 122 cm³/mol. The Morgan fingerprint density at radius 3 is 2.55 bits per heavy atom. The summed E-state index contributed by atoms with van der Waals surface area (Å²) in [4.78, 5) is 23.7. The molecule has 11 heteroatoms. The monoisotopic (exact) mass is 472 g/mol. The van der Waals surface area contributed by atoms with E-state index in [1.807, 2.05) is 20.8 Å². The van der Waals surface area contributed by atoms with Gasteiger partial charge in [0.1, 0.15) is 16.2 Å². The molecule has 1 aliphatic heterocycles. The minimum absolute atomic E-state index is 0.00575. The van der Waals surface area contributed by atoms with Crippen molar-refractivity contribution in [1.29, 1.82) is 0 Å². The lowest BCUT2D eigenvalue weighted by Crippen LogP contribution is -2.42. The van der Waals surface area contributed by atoms with Gasteiger partial charge >= 0.3 is 5.97 Å². The Morgan fingerprint density at radius 1 is 1.18 bits per heavy atom. The molecule has 2 aromatic rings. The van der Waals surface area contributed by atoms with Crippen molar-refractivity contribution in [2.24, 2.45) is 9.50 Å². The van der Waals surface area contributed by atoms with Gasteiger partial charge in [-0.1, -0.05) is 12.1 Å². The van der Waals surface area contributed by atoms with Crippen LogP contribution in [0.2, 0.25) is 0 Å². The van der Waals surface area contributed by atoms with Crippen LogP contribution in [0.25, 0.3) is 0 Å². The Labute approximate surface area is 191 Å². The molecule has 0 bridgehead atoms. The van der Waals surface area contributed by atoms with Crippen molar-refractivity contribution in [1.82, 2.24) is 10.3 Å². The van der Waals surface area contributed by atoms with Crippen LogP contribution in [0.1, 0.15) is 48.7 Å². The molecule has 0 unspecified atom stereocenters. The lowest BCUT2D eigenvalue weighted by molar-refractivity contribution is -0.122. The zero-order valence-corrected chi connectivity index (χ0v) is 19.1. The number of hydrogen-bond acceptors (Lipinski definition) is 7. The van der Waals surface area contributed by atoms with Crippen LogP contribution < -0.4 is 5.32 Å². The van der Waals surface area contributed by atoms with E-state index in [4.69, 9.17) is 0 Å². The third kappa shape index (κ3) is 5.75. The number of amidine groups is 1. The van der Waals surface area contributed by atoms with Crippen molar-refractivity contribution < 1.29 is 28.2 Å². The topological polar surface area (TPSA) is 149 Å². The van der Waals surface area contributed by atoms with Crippen LogP contribution in [0.3, 0.4) is 0 Å². The van der Waals surface area contributed by atoms with E-state index >= 15 is 0 Å². The number of nitrogens with one attached hydrogen (secondary N) is 1. The number of nitrogens with zero attached hydrogens (tertiary/aromatic N) is 3. The molecule has 33 heavy (non-hydrogen) atoms. The summed E-state index contributed by atoms with van der Waals surface area (Å²) < 4.78 is 28.8. The number of fused-ring (bicyclic) bond motifs is 1. The van der Waals surface area contributed by atoms with E-state index in [0.29, 0.717) is 11.1 Å². The smallest absolute Gasteiger partial charge is 0.339 e. The first-order valence-electron chi connectivity index (χ1n) is 10.0. The van der Waals surface area contributed by atoms with Crippen molar-refractivity contribution in [3.05, 3.63) is 59.2 Å². The van der Waals surface area contributed by atoms with Crippen LogP contribution in [0.4, 0.5) is 0 Å². The summed E-state index contributed by atoms with van der Waals surface area (Å²) in [6, 6.07) is 10.2. The summed E-state index contributed by atoms with van der Waals surface area (Å²) in [6.45, 7) is 5.55. The highest BCUT2D eigenvalue weighted by atomic mass is 32.2. The molecule has 3 N–H and O–H groups in total. The number of sulfonamides is 1. The number of hydrazone groups is 1. The number of rotatable bonds is 6. The first kappa shape index (κ1) is 23.9. The van der Waals surface area contributed by atoms with Crippen LogP contribution in [-0.4, -0.2) is 59.7 Å². The fourth-order valence-electron chi connectivity index (χ4n) is 3.12. The normalized spacial score (nSPS) is 14.6. The van der Waals surface area contributed by atoms with Gasteiger partial charge < -0.3 is 15.5 Å². The van der Waals surface area contributed by atoms with Crippen molar-refractivity contribution in [2.75, 3.05) is 6.54 Å². The minimum Gasteiger partial charge on any atom is -0.507 e. The average Bonchev–Trinajstić information content (AvgIpc) is 2.99. The number of carboxylic acids is 1. The minimum atomic E-state index is -3.91. The zero-order chi connectivity index (χ0) is 24.4. The second kappa shape index (κ2) is 9.02. The number of carboxylic acid groups (broad SMARTS) is 1. The van der Waals surface area contributed by atoms with Crippen molar-refractivity contribution in [2.45, 2.75) is 37.6 Å². The van der Waals surface area contributed by atoms with Gasteiger partial charge in [-0.2, -0.15) is 13.5 Å². The fourth-order valence-corrected chi connectivity index (χ4v) is 4.33. The van der Waals surface area contributed by atoms with Gasteiger partial charge in [-0.05, 0) is 56.7 Å². The molecule has 0 aliphatic carbocycles. The van der Waals surface area contributed by atoms with Gasteiger partial charge in [0.05, 0.1) is 12.8 Å². The number of amides is 1. The highest BCUT2D eigenvalue weighted by Gasteiger charge is 2.32. The maximum atomic E-state index is 12.5. The Bertz CT molecular complexity index is 1260. The van der Waals surface area contributed by atoms with Gasteiger partial charge in [0.25, 0.3) is 10.0 Å². The Kier molecular flexibility index (Phi) is 6.54. The van der Waals surface area contributed by atoms with E-state index in [0.717, 1.165) is 0 Å². The van der Waals surface area contributed by atoms with Crippen LogP contribution in [-0.2, 0) is 14.8 Å².